The molecule has 147 heavy (non-hydrogen) atoms. The van der Waals surface area contributed by atoms with Crippen LogP contribution in [-0.2, 0) is 0 Å². The molecule has 25 aromatic carbocycles. The maximum atomic E-state index is 5.37. The fourth-order valence-electron chi connectivity index (χ4n) is 22.0. The van der Waals surface area contributed by atoms with E-state index in [2.05, 4.69) is 430 Å². The molecule has 5 heterocycles. The number of rotatable bonds is 11. The standard InChI is InChI=1S/C49H29N3S.C46H28N2.C42H26N4/c1-2-11-33(12-3-1)47-50-48(52-49(51-47)42-18-9-17-41-39-16-6-7-19-44(39)53-46(41)42)36-14-8-13-34(28-36)35-23-21-31-20-22-32-25-26-38-37-15-5-4-10-30(37)24-27-40(38)45(32)43(31)29-35;1-2-13-32(14-3-1)45-46(36-21-18-29-10-4-5-15-33(29)26-36)47-41-25-23-34(28-42(41)48-45)40-27-35-20-19-30-11-6-8-16-37(30)43(35)39-24-22-31-12-7-9-17-38(31)44(39)40;1-2-10-31(11-3-1)40-44-41(46-42(45-40)37-15-6-7-26-43-37)32-20-16-28(17-21-32)34-14-8-12-29-18-19-30-23-24-35-33-13-5-4-9-27(33)22-25-36(35)39(30)38(29)34/h1-29H;1-28H;1-26H. The number of nitrogens with zero attached hydrogens (tertiary/aromatic N) is 9. The lowest BCUT2D eigenvalue weighted by atomic mass is 9.88. The van der Waals surface area contributed by atoms with Crippen molar-refractivity contribution in [2.24, 2.45) is 0 Å². The first-order valence-corrected chi connectivity index (χ1v) is 50.5. The Balaban J connectivity index is 0.000000107. The maximum absolute atomic E-state index is 5.37. The fraction of sp³-hybridized carbons (Fsp3) is 0. The van der Waals surface area contributed by atoms with E-state index < -0.39 is 0 Å². The second-order valence-corrected chi connectivity index (χ2v) is 38.7. The molecule has 0 unspecified atom stereocenters. The molecule has 0 aliphatic heterocycles. The highest BCUT2D eigenvalue weighted by molar-refractivity contribution is 7.26. The number of hydrogen-bond acceptors (Lipinski definition) is 10. The van der Waals surface area contributed by atoms with E-state index in [9.17, 15) is 0 Å². The Hall–Kier alpha value is -19.4. The Bertz CT molecular complexity index is 10500. The zero-order valence-corrected chi connectivity index (χ0v) is 80.2. The molecule has 0 bridgehead atoms. The Kier molecular flexibility index (Phi) is 20.9. The Morgan fingerprint density at radius 1 is 0.150 bits per heavy atom. The summed E-state index contributed by atoms with van der Waals surface area (Å²) >= 11 is 1.79. The quantitative estimate of drug-likeness (QED) is 0.117. The zero-order valence-electron chi connectivity index (χ0n) is 79.4. The first-order valence-electron chi connectivity index (χ1n) is 49.7. The van der Waals surface area contributed by atoms with Crippen molar-refractivity contribution in [1.29, 1.82) is 0 Å². The molecule has 682 valence electrons. The van der Waals surface area contributed by atoms with Gasteiger partial charge in [0.05, 0.1) is 22.4 Å². The molecular formula is C137H83N9S. The van der Waals surface area contributed by atoms with Crippen molar-refractivity contribution in [3.05, 3.63) is 504 Å². The van der Waals surface area contributed by atoms with Crippen molar-refractivity contribution in [2.45, 2.75) is 0 Å². The van der Waals surface area contributed by atoms with Crippen molar-refractivity contribution >= 4 is 183 Å². The molecule has 5 aromatic heterocycles. The highest BCUT2D eigenvalue weighted by Crippen LogP contribution is 2.48. The SMILES string of the molecule is c1ccc(-c2nc(-c3ccc(-c4cccc5ccc6ccc7c8ccccc8ccc7c6c45)cc3)nc(-c3ccccn3)n2)cc1.c1ccc(-c2nc(-c3cccc(-c4ccc5ccc6ccc7c8ccccc8ccc7c6c5c4)c3)nc(-c3cccc4c3sc3ccccc34)n2)cc1.c1ccc(-c2nc3cc(-c4cc5ccc6ccccc6c5c5ccc6ccccc6c45)ccc3nc2-c2ccc3ccccc3c2)cc1. The number of pyridine rings is 1. The largest absolute Gasteiger partial charge is 0.253 e. The Morgan fingerprint density at radius 2 is 0.558 bits per heavy atom. The molecule has 0 N–H and O–H groups in total. The number of thiophene rings is 1. The van der Waals surface area contributed by atoms with Gasteiger partial charge in [-0.15, -0.1) is 11.3 Å². The highest BCUT2D eigenvalue weighted by atomic mass is 32.1. The minimum Gasteiger partial charge on any atom is -0.253 e. The van der Waals surface area contributed by atoms with Gasteiger partial charge in [0.1, 0.15) is 5.69 Å². The summed E-state index contributed by atoms with van der Waals surface area (Å²) in [5.74, 6) is 3.77. The molecule has 30 aromatic rings. The van der Waals surface area contributed by atoms with Gasteiger partial charge in [-0.1, -0.05) is 437 Å². The molecule has 0 radical (unpaired) electrons. The number of fused-ring (bicyclic) bond motifs is 26. The lowest BCUT2D eigenvalue weighted by Gasteiger charge is -2.16. The summed E-state index contributed by atoms with van der Waals surface area (Å²) in [5.41, 5.74) is 18.1. The van der Waals surface area contributed by atoms with Crippen molar-refractivity contribution in [3.8, 4) is 124 Å². The predicted octanol–water partition coefficient (Wildman–Crippen LogP) is 36.5. The van der Waals surface area contributed by atoms with E-state index in [1.54, 1.807) is 17.5 Å². The first-order chi connectivity index (χ1) is 72.8. The molecule has 0 saturated carbocycles. The van der Waals surface area contributed by atoms with Crippen LogP contribution in [0.15, 0.2) is 504 Å². The summed E-state index contributed by atoms with van der Waals surface area (Å²) in [6.07, 6.45) is 1.76. The second-order valence-electron chi connectivity index (χ2n) is 37.6. The molecule has 0 aliphatic carbocycles. The molecule has 0 saturated heterocycles. The van der Waals surface area contributed by atoms with Crippen molar-refractivity contribution in [2.75, 3.05) is 0 Å². The van der Waals surface area contributed by atoms with E-state index in [0.29, 0.717) is 40.6 Å². The van der Waals surface area contributed by atoms with Gasteiger partial charge in [-0.05, 0) is 234 Å². The van der Waals surface area contributed by atoms with Crippen LogP contribution in [-0.4, -0.2) is 44.9 Å². The van der Waals surface area contributed by atoms with Crippen LogP contribution in [0, 0.1) is 0 Å². The number of hydrogen-bond donors (Lipinski definition) is 0. The third-order valence-electron chi connectivity index (χ3n) is 29.0. The highest BCUT2D eigenvalue weighted by Gasteiger charge is 2.24. The van der Waals surface area contributed by atoms with Gasteiger partial charge in [0.15, 0.2) is 34.9 Å². The molecule has 30 rings (SSSR count). The summed E-state index contributed by atoms with van der Waals surface area (Å²) in [5, 5.41) is 35.1. The third kappa shape index (κ3) is 15.4. The van der Waals surface area contributed by atoms with Crippen molar-refractivity contribution in [1.82, 2.24) is 44.9 Å². The molecule has 0 fully saturated rings. The van der Waals surface area contributed by atoms with Gasteiger partial charge in [-0.3, -0.25) is 4.98 Å². The van der Waals surface area contributed by atoms with E-state index in [1.165, 1.54) is 171 Å². The topological polar surface area (TPSA) is 116 Å². The maximum Gasteiger partial charge on any atom is 0.182 e. The van der Waals surface area contributed by atoms with Gasteiger partial charge >= 0.3 is 0 Å². The van der Waals surface area contributed by atoms with Gasteiger partial charge in [0.25, 0.3) is 0 Å². The van der Waals surface area contributed by atoms with Crippen LogP contribution < -0.4 is 0 Å². The normalized spacial score (nSPS) is 11.7. The molecule has 0 amide bonds. The molecule has 0 atom stereocenters. The monoisotopic (exact) mass is 1890 g/mol. The smallest absolute Gasteiger partial charge is 0.182 e. The fourth-order valence-corrected chi connectivity index (χ4v) is 23.2. The Morgan fingerprint density at radius 3 is 1.24 bits per heavy atom. The summed E-state index contributed by atoms with van der Waals surface area (Å²) in [6.45, 7) is 0. The van der Waals surface area contributed by atoms with Crippen molar-refractivity contribution < 1.29 is 0 Å². The van der Waals surface area contributed by atoms with E-state index in [-0.39, 0.29) is 0 Å². The minimum absolute atomic E-state index is 0.549. The Labute approximate surface area is 849 Å². The van der Waals surface area contributed by atoms with E-state index in [0.717, 1.165) is 83.6 Å². The summed E-state index contributed by atoms with van der Waals surface area (Å²) in [4.78, 5) is 45.1. The van der Waals surface area contributed by atoms with Gasteiger partial charge in [0.2, 0.25) is 0 Å². The summed E-state index contributed by atoms with van der Waals surface area (Å²) in [7, 11) is 0. The van der Waals surface area contributed by atoms with Crippen LogP contribution in [0.25, 0.3) is 296 Å². The molecular weight excluding hydrogens is 1800 g/mol. The van der Waals surface area contributed by atoms with Crippen LogP contribution in [0.2, 0.25) is 0 Å². The second kappa shape index (κ2) is 36.0. The molecule has 9 nitrogen and oxygen atoms in total. The van der Waals surface area contributed by atoms with E-state index >= 15 is 0 Å². The van der Waals surface area contributed by atoms with Gasteiger partial charge in [-0.2, -0.15) is 0 Å². The molecule has 0 spiro atoms. The van der Waals surface area contributed by atoms with Gasteiger partial charge < -0.3 is 0 Å². The van der Waals surface area contributed by atoms with Crippen molar-refractivity contribution in [3.63, 3.8) is 0 Å². The number of aromatic nitrogens is 9. The third-order valence-corrected chi connectivity index (χ3v) is 30.2. The van der Waals surface area contributed by atoms with E-state index in [1.807, 2.05) is 72.8 Å². The zero-order chi connectivity index (χ0) is 96.9. The average Bonchev–Trinajstić information content (AvgIpc) is 1.68. The van der Waals surface area contributed by atoms with Crippen LogP contribution in [0.1, 0.15) is 0 Å². The van der Waals surface area contributed by atoms with E-state index in [4.69, 9.17) is 39.9 Å². The first kappa shape index (κ1) is 85.6. The molecule has 10 heteroatoms. The lowest BCUT2D eigenvalue weighted by Crippen LogP contribution is -2.01. The van der Waals surface area contributed by atoms with Crippen LogP contribution in [0.4, 0.5) is 0 Å². The minimum atomic E-state index is 0.549. The summed E-state index contributed by atoms with van der Waals surface area (Å²) < 4.78 is 2.44. The molecule has 0 aliphatic rings. The predicted molar refractivity (Wildman–Crippen MR) is 617 cm³/mol. The van der Waals surface area contributed by atoms with Crippen LogP contribution in [0.5, 0.6) is 0 Å². The average molecular weight is 1890 g/mol. The van der Waals surface area contributed by atoms with Crippen LogP contribution in [0.3, 0.4) is 0 Å². The van der Waals surface area contributed by atoms with Crippen LogP contribution >= 0.6 is 11.3 Å². The number of benzene rings is 25. The lowest BCUT2D eigenvalue weighted by molar-refractivity contribution is 1.06. The van der Waals surface area contributed by atoms with Gasteiger partial charge in [0, 0.05) is 65.3 Å². The van der Waals surface area contributed by atoms with Gasteiger partial charge in [-0.25, -0.2) is 39.9 Å². The summed E-state index contributed by atoms with van der Waals surface area (Å²) in [6, 6.07) is 177.